The number of primary amides is 1. The minimum atomic E-state index is -0.363. The monoisotopic (exact) mass is 494 g/mol. The van der Waals surface area contributed by atoms with Gasteiger partial charge in [-0.1, -0.05) is 0 Å². The maximum atomic E-state index is 12.1. The first-order valence-electron chi connectivity index (χ1n) is 11.8. The molecule has 0 aliphatic carbocycles. The highest BCUT2D eigenvalue weighted by atomic mass is 16.5. The van der Waals surface area contributed by atoms with Gasteiger partial charge in [0.15, 0.2) is 17.3 Å². The molecule has 4 heterocycles. The van der Waals surface area contributed by atoms with Gasteiger partial charge in [0.2, 0.25) is 17.6 Å². The molecule has 1 fully saturated rings. The Labute approximate surface area is 208 Å². The van der Waals surface area contributed by atoms with Gasteiger partial charge in [-0.3, -0.25) is 4.79 Å². The summed E-state index contributed by atoms with van der Waals surface area (Å²) in [6.45, 7) is 2.22. The molecule has 2 aliphatic rings. The van der Waals surface area contributed by atoms with Gasteiger partial charge in [-0.25, -0.2) is 9.97 Å². The summed E-state index contributed by atoms with van der Waals surface area (Å²) in [5.74, 6) is 3.01. The number of fused-ring (bicyclic) bond motifs is 1. The molecule has 1 aromatic carbocycles. The molecular weight excluding hydrogens is 464 g/mol. The molecule has 1 atom stereocenters. The van der Waals surface area contributed by atoms with Crippen molar-refractivity contribution in [2.45, 2.75) is 31.8 Å². The fraction of sp³-hybridized carbons (Fsp3) is 0.417. The lowest BCUT2D eigenvalue weighted by molar-refractivity contribution is -0.119. The minimum absolute atomic E-state index is 0.331. The van der Waals surface area contributed by atoms with Crippen LogP contribution in [0.5, 0.6) is 17.2 Å². The Hall–Kier alpha value is -4.06. The van der Waals surface area contributed by atoms with Gasteiger partial charge in [0, 0.05) is 43.8 Å². The summed E-state index contributed by atoms with van der Waals surface area (Å²) in [5, 5.41) is 6.61. The van der Waals surface area contributed by atoms with Crippen molar-refractivity contribution in [1.29, 1.82) is 0 Å². The van der Waals surface area contributed by atoms with Crippen molar-refractivity contribution in [1.82, 2.24) is 24.8 Å². The maximum absolute atomic E-state index is 12.1. The molecule has 1 saturated heterocycles. The number of aromatic nitrogens is 4. The summed E-state index contributed by atoms with van der Waals surface area (Å²) in [5.41, 5.74) is 8.44. The van der Waals surface area contributed by atoms with Crippen LogP contribution in [0.15, 0.2) is 24.7 Å². The van der Waals surface area contributed by atoms with E-state index in [2.05, 4.69) is 15.6 Å². The van der Waals surface area contributed by atoms with E-state index in [4.69, 9.17) is 29.9 Å². The van der Waals surface area contributed by atoms with Gasteiger partial charge in [0.05, 0.1) is 38.9 Å². The average molecular weight is 495 g/mol. The van der Waals surface area contributed by atoms with E-state index in [-0.39, 0.29) is 11.9 Å². The molecule has 12 nitrogen and oxygen atoms in total. The zero-order valence-corrected chi connectivity index (χ0v) is 20.6. The van der Waals surface area contributed by atoms with E-state index >= 15 is 0 Å². The molecular formula is C24H30N8O4. The summed E-state index contributed by atoms with van der Waals surface area (Å²) < 4.78 is 18.2. The number of carbonyl (C=O) groups excluding carboxylic acids is 1. The molecule has 0 saturated carbocycles. The quantitative estimate of drug-likeness (QED) is 0.422. The number of rotatable bonds is 8. The smallest absolute Gasteiger partial charge is 0.240 e. The van der Waals surface area contributed by atoms with E-state index in [1.807, 2.05) is 27.8 Å². The summed E-state index contributed by atoms with van der Waals surface area (Å²) >= 11 is 0. The van der Waals surface area contributed by atoms with Crippen LogP contribution in [0.4, 0.5) is 17.6 Å². The largest absolute Gasteiger partial charge is 0.493 e. The van der Waals surface area contributed by atoms with E-state index in [0.29, 0.717) is 35.6 Å². The van der Waals surface area contributed by atoms with Gasteiger partial charge in [-0.15, -0.1) is 0 Å². The lowest BCUT2D eigenvalue weighted by Crippen LogP contribution is -2.42. The third-order valence-electron chi connectivity index (χ3n) is 6.53. The fourth-order valence-corrected chi connectivity index (χ4v) is 4.79. The number of nitrogens with zero attached hydrogens (tertiary/aromatic N) is 5. The molecule has 3 aromatic rings. The van der Waals surface area contributed by atoms with Crippen molar-refractivity contribution in [2.75, 3.05) is 44.6 Å². The average Bonchev–Trinajstić information content (AvgIpc) is 3.57. The normalized spacial score (nSPS) is 17.0. The third-order valence-corrected chi connectivity index (χ3v) is 6.53. The van der Waals surface area contributed by atoms with Gasteiger partial charge in [0.1, 0.15) is 18.2 Å². The highest BCUT2D eigenvalue weighted by Gasteiger charge is 2.33. The topological polar surface area (TPSA) is 142 Å². The zero-order chi connectivity index (χ0) is 25.2. The van der Waals surface area contributed by atoms with E-state index in [9.17, 15) is 4.79 Å². The first-order valence-corrected chi connectivity index (χ1v) is 11.8. The number of amides is 1. The molecule has 190 valence electrons. The molecule has 2 aliphatic heterocycles. The predicted molar refractivity (Wildman–Crippen MR) is 134 cm³/mol. The molecule has 0 spiro atoms. The van der Waals surface area contributed by atoms with Crippen molar-refractivity contribution in [3.63, 3.8) is 0 Å². The molecule has 0 radical (unpaired) electrons. The Morgan fingerprint density at radius 1 is 1.17 bits per heavy atom. The van der Waals surface area contributed by atoms with E-state index in [1.165, 1.54) is 0 Å². The summed E-state index contributed by atoms with van der Waals surface area (Å²) in [6.07, 6.45) is 5.89. The van der Waals surface area contributed by atoms with Crippen LogP contribution < -0.4 is 35.5 Å². The molecule has 12 heteroatoms. The number of methoxy groups -OCH3 is 3. The molecule has 2 aromatic heterocycles. The molecule has 5 rings (SSSR count). The van der Waals surface area contributed by atoms with Crippen molar-refractivity contribution >= 4 is 23.5 Å². The SMILES string of the molecule is COc1cc(-n2cnc(Nc3nc4c(c(N5CCC[C@H]5C(N)=O)n3)CNCC4)c2)cc(OC)c1OC. The van der Waals surface area contributed by atoms with Crippen LogP contribution in [0.2, 0.25) is 0 Å². The fourth-order valence-electron chi connectivity index (χ4n) is 4.79. The Kier molecular flexibility index (Phi) is 6.51. The number of nitrogens with two attached hydrogens (primary N) is 1. The number of hydrogen-bond acceptors (Lipinski definition) is 10. The third kappa shape index (κ3) is 4.35. The summed E-state index contributed by atoms with van der Waals surface area (Å²) in [7, 11) is 4.72. The number of nitrogens with one attached hydrogen (secondary N) is 2. The van der Waals surface area contributed by atoms with Gasteiger partial charge < -0.3 is 40.0 Å². The van der Waals surface area contributed by atoms with Crippen LogP contribution in [-0.4, -0.2) is 65.9 Å². The van der Waals surface area contributed by atoms with E-state index in [1.54, 1.807) is 27.7 Å². The Balaban J connectivity index is 1.46. The van der Waals surface area contributed by atoms with Crippen LogP contribution in [0.3, 0.4) is 0 Å². The minimum Gasteiger partial charge on any atom is -0.493 e. The lowest BCUT2D eigenvalue weighted by Gasteiger charge is -2.28. The van der Waals surface area contributed by atoms with Crippen molar-refractivity contribution in [2.24, 2.45) is 5.73 Å². The number of carbonyl (C=O) groups is 1. The maximum Gasteiger partial charge on any atom is 0.240 e. The Bertz CT molecular complexity index is 1250. The number of imidazole rings is 1. The first-order chi connectivity index (χ1) is 17.5. The van der Waals surface area contributed by atoms with E-state index < -0.39 is 0 Å². The number of ether oxygens (including phenoxy) is 3. The predicted octanol–water partition coefficient (Wildman–Crippen LogP) is 1.53. The van der Waals surface area contributed by atoms with E-state index in [0.717, 1.165) is 55.1 Å². The van der Waals surface area contributed by atoms with Crippen LogP contribution in [0.1, 0.15) is 24.1 Å². The lowest BCUT2D eigenvalue weighted by atomic mass is 10.1. The van der Waals surface area contributed by atoms with Crippen LogP contribution in [0.25, 0.3) is 5.69 Å². The standard InChI is InChI=1S/C24H30N8O4/c1-34-18-9-14(10-19(35-2)21(18)36-3)31-12-20(27-13-31)29-24-28-16-6-7-26-11-15(16)23(30-24)32-8-4-5-17(32)22(25)33/h9-10,12-13,17,26H,4-8,11H2,1-3H3,(H2,25,33)(H,28,29,30)/t17-/m0/s1. The van der Waals surface area contributed by atoms with Gasteiger partial charge in [-0.2, -0.15) is 4.98 Å². The van der Waals surface area contributed by atoms with Gasteiger partial charge in [0.25, 0.3) is 0 Å². The second kappa shape index (κ2) is 9.90. The number of hydrogen-bond donors (Lipinski definition) is 3. The Morgan fingerprint density at radius 2 is 1.94 bits per heavy atom. The highest BCUT2D eigenvalue weighted by Crippen LogP contribution is 2.39. The number of benzene rings is 1. The van der Waals surface area contributed by atoms with Crippen LogP contribution >= 0.6 is 0 Å². The zero-order valence-electron chi connectivity index (χ0n) is 20.6. The van der Waals surface area contributed by atoms with Gasteiger partial charge >= 0.3 is 0 Å². The van der Waals surface area contributed by atoms with Crippen molar-refractivity contribution < 1.29 is 19.0 Å². The van der Waals surface area contributed by atoms with Crippen LogP contribution in [-0.2, 0) is 17.8 Å². The van der Waals surface area contributed by atoms with Crippen molar-refractivity contribution in [3.8, 4) is 22.9 Å². The Morgan fingerprint density at radius 3 is 2.64 bits per heavy atom. The van der Waals surface area contributed by atoms with Crippen LogP contribution in [0, 0.1) is 0 Å². The second-order valence-electron chi connectivity index (χ2n) is 8.65. The molecule has 4 N–H and O–H groups in total. The molecule has 36 heavy (non-hydrogen) atoms. The first kappa shape index (κ1) is 23.7. The van der Waals surface area contributed by atoms with Gasteiger partial charge in [-0.05, 0) is 12.8 Å². The molecule has 0 unspecified atom stereocenters. The molecule has 0 bridgehead atoms. The second-order valence-corrected chi connectivity index (χ2v) is 8.65. The summed E-state index contributed by atoms with van der Waals surface area (Å²) in [4.78, 5) is 28.1. The van der Waals surface area contributed by atoms with Crippen molar-refractivity contribution in [3.05, 3.63) is 35.9 Å². The number of anilines is 3. The summed E-state index contributed by atoms with van der Waals surface area (Å²) in [6, 6.07) is 3.31. The highest BCUT2D eigenvalue weighted by molar-refractivity contribution is 5.84. The molecule has 1 amide bonds.